The molecular formula is C13H28N2. The van der Waals surface area contributed by atoms with Crippen LogP contribution in [-0.4, -0.2) is 30.1 Å². The van der Waals surface area contributed by atoms with Crippen molar-refractivity contribution in [1.29, 1.82) is 0 Å². The van der Waals surface area contributed by atoms with Gasteiger partial charge in [0, 0.05) is 5.54 Å². The Hall–Kier alpha value is -0.0800. The van der Waals surface area contributed by atoms with Crippen molar-refractivity contribution in [3.8, 4) is 0 Å². The maximum Gasteiger partial charge on any atom is 0.0150 e. The highest BCUT2D eigenvalue weighted by Gasteiger charge is 2.25. The SMILES string of the molecule is CC(C)CCCCN1CCC(C)(N)CC1. The number of piperidine rings is 1. The largest absolute Gasteiger partial charge is 0.325 e. The maximum absolute atomic E-state index is 6.11. The Morgan fingerprint density at radius 2 is 1.80 bits per heavy atom. The normalized spacial score (nSPS) is 22.2. The third-order valence-electron chi connectivity index (χ3n) is 3.50. The molecule has 0 aromatic heterocycles. The summed E-state index contributed by atoms with van der Waals surface area (Å²) in [5.74, 6) is 0.860. The van der Waals surface area contributed by atoms with Crippen LogP contribution in [0.5, 0.6) is 0 Å². The molecule has 1 heterocycles. The molecule has 90 valence electrons. The first kappa shape index (κ1) is 13.0. The van der Waals surface area contributed by atoms with Crippen LogP contribution in [0.15, 0.2) is 0 Å². The van der Waals surface area contributed by atoms with Crippen LogP contribution in [0.4, 0.5) is 0 Å². The van der Waals surface area contributed by atoms with Gasteiger partial charge in [-0.3, -0.25) is 0 Å². The van der Waals surface area contributed by atoms with Gasteiger partial charge in [-0.2, -0.15) is 0 Å². The Morgan fingerprint density at radius 3 is 2.33 bits per heavy atom. The highest BCUT2D eigenvalue weighted by molar-refractivity contribution is 4.85. The molecule has 0 aromatic rings. The number of rotatable bonds is 5. The average Bonchev–Trinajstić information content (AvgIpc) is 2.14. The van der Waals surface area contributed by atoms with E-state index in [0.717, 1.165) is 18.8 Å². The monoisotopic (exact) mass is 212 g/mol. The van der Waals surface area contributed by atoms with E-state index in [4.69, 9.17) is 5.73 Å². The molecule has 1 saturated heterocycles. The molecule has 15 heavy (non-hydrogen) atoms. The topological polar surface area (TPSA) is 29.3 Å². The number of likely N-dealkylation sites (tertiary alicyclic amines) is 1. The fourth-order valence-electron chi connectivity index (χ4n) is 2.18. The van der Waals surface area contributed by atoms with Crippen molar-refractivity contribution in [3.63, 3.8) is 0 Å². The van der Waals surface area contributed by atoms with Gasteiger partial charge in [0.25, 0.3) is 0 Å². The van der Waals surface area contributed by atoms with E-state index in [-0.39, 0.29) is 5.54 Å². The summed E-state index contributed by atoms with van der Waals surface area (Å²) < 4.78 is 0. The lowest BCUT2D eigenvalue weighted by Gasteiger charge is -2.36. The third kappa shape index (κ3) is 5.53. The standard InChI is InChI=1S/C13H28N2/c1-12(2)6-4-5-9-15-10-7-13(3,14)8-11-15/h12H,4-11,14H2,1-3H3. The molecule has 2 N–H and O–H groups in total. The average molecular weight is 212 g/mol. The molecule has 1 aliphatic heterocycles. The quantitative estimate of drug-likeness (QED) is 0.710. The van der Waals surface area contributed by atoms with Gasteiger partial charge in [0.05, 0.1) is 0 Å². The highest BCUT2D eigenvalue weighted by Crippen LogP contribution is 2.19. The molecule has 2 heteroatoms. The van der Waals surface area contributed by atoms with Crippen LogP contribution >= 0.6 is 0 Å². The third-order valence-corrected chi connectivity index (χ3v) is 3.50. The summed E-state index contributed by atoms with van der Waals surface area (Å²) in [6.07, 6.45) is 6.45. The molecule has 1 rings (SSSR count). The summed E-state index contributed by atoms with van der Waals surface area (Å²) in [6.45, 7) is 10.5. The van der Waals surface area contributed by atoms with E-state index >= 15 is 0 Å². The summed E-state index contributed by atoms with van der Waals surface area (Å²) in [4.78, 5) is 2.58. The molecular weight excluding hydrogens is 184 g/mol. The summed E-state index contributed by atoms with van der Waals surface area (Å²) in [7, 11) is 0. The van der Waals surface area contributed by atoms with Gasteiger partial charge >= 0.3 is 0 Å². The molecule has 0 radical (unpaired) electrons. The predicted octanol–water partition coefficient (Wildman–Crippen LogP) is 2.63. The first-order valence-corrected chi connectivity index (χ1v) is 6.51. The fourth-order valence-corrected chi connectivity index (χ4v) is 2.18. The van der Waals surface area contributed by atoms with E-state index in [1.807, 2.05) is 0 Å². The highest BCUT2D eigenvalue weighted by atomic mass is 15.1. The maximum atomic E-state index is 6.11. The minimum absolute atomic E-state index is 0.106. The van der Waals surface area contributed by atoms with E-state index in [1.165, 1.54) is 38.9 Å². The first-order valence-electron chi connectivity index (χ1n) is 6.51. The van der Waals surface area contributed by atoms with Crippen molar-refractivity contribution in [3.05, 3.63) is 0 Å². The van der Waals surface area contributed by atoms with Gasteiger partial charge in [-0.15, -0.1) is 0 Å². The molecule has 0 unspecified atom stereocenters. The van der Waals surface area contributed by atoms with E-state index in [9.17, 15) is 0 Å². The van der Waals surface area contributed by atoms with Gasteiger partial charge in [0.15, 0.2) is 0 Å². The van der Waals surface area contributed by atoms with Crippen molar-refractivity contribution in [1.82, 2.24) is 4.90 Å². The Kier molecular flexibility index (Phi) is 5.07. The number of nitrogens with zero attached hydrogens (tertiary/aromatic N) is 1. The molecule has 0 atom stereocenters. The second-order valence-corrected chi connectivity index (χ2v) is 5.89. The predicted molar refractivity (Wildman–Crippen MR) is 67.0 cm³/mol. The number of unbranched alkanes of at least 4 members (excludes halogenated alkanes) is 1. The molecule has 0 saturated carbocycles. The van der Waals surface area contributed by atoms with Crippen LogP contribution in [-0.2, 0) is 0 Å². The van der Waals surface area contributed by atoms with Crippen molar-refractivity contribution in [2.24, 2.45) is 11.7 Å². The molecule has 0 spiro atoms. The van der Waals surface area contributed by atoms with Gasteiger partial charge in [-0.25, -0.2) is 0 Å². The van der Waals surface area contributed by atoms with Crippen molar-refractivity contribution in [2.45, 2.75) is 58.4 Å². The summed E-state index contributed by atoms with van der Waals surface area (Å²) in [5.41, 5.74) is 6.21. The smallest absolute Gasteiger partial charge is 0.0150 e. The van der Waals surface area contributed by atoms with Gasteiger partial charge in [-0.1, -0.05) is 26.7 Å². The van der Waals surface area contributed by atoms with Crippen LogP contribution in [0.25, 0.3) is 0 Å². The molecule has 0 aliphatic carbocycles. The number of nitrogens with two attached hydrogens (primary N) is 1. The molecule has 2 nitrogen and oxygen atoms in total. The Labute approximate surface area is 95.2 Å². The van der Waals surface area contributed by atoms with Crippen LogP contribution in [0.1, 0.15) is 52.9 Å². The Balaban J connectivity index is 2.04. The van der Waals surface area contributed by atoms with Crippen molar-refractivity contribution >= 4 is 0 Å². The molecule has 1 fully saturated rings. The van der Waals surface area contributed by atoms with Crippen LogP contribution in [0.3, 0.4) is 0 Å². The molecule has 0 amide bonds. The molecule has 0 bridgehead atoms. The lowest BCUT2D eigenvalue weighted by atomic mass is 9.91. The minimum Gasteiger partial charge on any atom is -0.325 e. The zero-order valence-corrected chi connectivity index (χ0v) is 10.8. The Bertz CT molecular complexity index is 165. The lowest BCUT2D eigenvalue weighted by molar-refractivity contribution is 0.168. The first-order chi connectivity index (χ1) is 6.99. The second kappa shape index (κ2) is 5.86. The summed E-state index contributed by atoms with van der Waals surface area (Å²) in [6, 6.07) is 0. The molecule has 1 aliphatic rings. The van der Waals surface area contributed by atoms with Gasteiger partial charge < -0.3 is 10.6 Å². The second-order valence-electron chi connectivity index (χ2n) is 5.89. The zero-order valence-electron chi connectivity index (χ0n) is 10.8. The Morgan fingerprint density at radius 1 is 1.20 bits per heavy atom. The zero-order chi connectivity index (χ0) is 11.3. The van der Waals surface area contributed by atoms with Crippen molar-refractivity contribution in [2.75, 3.05) is 19.6 Å². The van der Waals surface area contributed by atoms with Crippen LogP contribution in [0, 0.1) is 5.92 Å². The van der Waals surface area contributed by atoms with Gasteiger partial charge in [0.2, 0.25) is 0 Å². The molecule has 0 aromatic carbocycles. The van der Waals surface area contributed by atoms with Crippen molar-refractivity contribution < 1.29 is 0 Å². The minimum atomic E-state index is 0.106. The van der Waals surface area contributed by atoms with E-state index < -0.39 is 0 Å². The number of hydrogen-bond acceptors (Lipinski definition) is 2. The van der Waals surface area contributed by atoms with Gasteiger partial charge in [0.1, 0.15) is 0 Å². The van der Waals surface area contributed by atoms with Crippen LogP contribution in [0.2, 0.25) is 0 Å². The number of hydrogen-bond donors (Lipinski definition) is 1. The van der Waals surface area contributed by atoms with Crippen LogP contribution < -0.4 is 5.73 Å². The fraction of sp³-hybridized carbons (Fsp3) is 1.00. The lowest BCUT2D eigenvalue weighted by Crippen LogP contribution is -2.48. The summed E-state index contributed by atoms with van der Waals surface area (Å²) >= 11 is 0. The van der Waals surface area contributed by atoms with E-state index in [1.54, 1.807) is 0 Å². The van der Waals surface area contributed by atoms with Gasteiger partial charge in [-0.05, 0) is 51.7 Å². The summed E-state index contributed by atoms with van der Waals surface area (Å²) in [5, 5.41) is 0. The van der Waals surface area contributed by atoms with E-state index in [0.29, 0.717) is 0 Å². The van der Waals surface area contributed by atoms with E-state index in [2.05, 4.69) is 25.7 Å².